The van der Waals surface area contributed by atoms with Crippen molar-refractivity contribution in [3.63, 3.8) is 0 Å². The van der Waals surface area contributed by atoms with Gasteiger partial charge in [-0.3, -0.25) is 9.63 Å². The Kier molecular flexibility index (Phi) is 9.29. The first-order valence-corrected chi connectivity index (χ1v) is 9.70. The van der Waals surface area contributed by atoms with Gasteiger partial charge in [0.1, 0.15) is 0 Å². The third kappa shape index (κ3) is 9.23. The van der Waals surface area contributed by atoms with Crippen LogP contribution in [-0.4, -0.2) is 36.2 Å². The summed E-state index contributed by atoms with van der Waals surface area (Å²) < 4.78 is 0. The van der Waals surface area contributed by atoms with Gasteiger partial charge in [0, 0.05) is 25.4 Å². The van der Waals surface area contributed by atoms with E-state index in [0.717, 1.165) is 43.1 Å². The number of aryl methyl sites for hydroxylation is 1. The average Bonchev–Trinajstić information content (AvgIpc) is 2.94. The van der Waals surface area contributed by atoms with Crippen LogP contribution in [0.2, 0.25) is 0 Å². The van der Waals surface area contributed by atoms with Gasteiger partial charge in [-0.1, -0.05) is 27.2 Å². The number of anilines is 1. The van der Waals surface area contributed by atoms with Gasteiger partial charge in [0.2, 0.25) is 5.91 Å². The van der Waals surface area contributed by atoms with Crippen molar-refractivity contribution in [3.05, 3.63) is 11.1 Å². The molecule has 0 aliphatic rings. The van der Waals surface area contributed by atoms with Crippen LogP contribution < -0.4 is 5.32 Å². The highest BCUT2D eigenvalue weighted by Crippen LogP contribution is 2.21. The topological polar surface area (TPSA) is 54.5 Å². The summed E-state index contributed by atoms with van der Waals surface area (Å²) in [4.78, 5) is 20.9. The highest BCUT2D eigenvalue weighted by atomic mass is 32.1. The first-order chi connectivity index (χ1) is 11.3. The lowest BCUT2D eigenvalue weighted by Gasteiger charge is -2.17. The van der Waals surface area contributed by atoms with Crippen LogP contribution in [0.4, 0.5) is 5.13 Å². The van der Waals surface area contributed by atoms with Crippen LogP contribution in [0.15, 0.2) is 5.38 Å². The molecule has 0 saturated carbocycles. The summed E-state index contributed by atoms with van der Waals surface area (Å²) in [6.07, 6.45) is 6.49. The minimum Gasteiger partial charge on any atom is -0.362 e. The molecule has 0 radical (unpaired) electrons. The van der Waals surface area contributed by atoms with Crippen molar-refractivity contribution >= 4 is 22.4 Å². The van der Waals surface area contributed by atoms with Crippen LogP contribution in [0.1, 0.15) is 65.5 Å². The molecular weight excluding hydrogens is 322 g/mol. The Labute approximate surface area is 150 Å². The molecule has 0 aliphatic carbocycles. The summed E-state index contributed by atoms with van der Waals surface area (Å²) in [5, 5.41) is 8.00. The highest BCUT2D eigenvalue weighted by Gasteiger charge is 2.09. The second-order valence-corrected chi connectivity index (χ2v) is 8.21. The Morgan fingerprint density at radius 2 is 2.04 bits per heavy atom. The molecule has 5 nitrogen and oxygen atoms in total. The lowest BCUT2D eigenvalue weighted by molar-refractivity contribution is -0.173. The number of hydroxylamine groups is 2. The molecule has 6 heteroatoms. The fraction of sp³-hybridized carbons (Fsp3) is 0.778. The molecule has 138 valence electrons. The van der Waals surface area contributed by atoms with E-state index in [1.54, 1.807) is 11.3 Å². The zero-order valence-corrected chi connectivity index (χ0v) is 16.7. The normalized spacial score (nSPS) is 11.5. The number of nitrogens with one attached hydrogen (secondary N) is 1. The summed E-state index contributed by atoms with van der Waals surface area (Å²) in [6, 6.07) is 0. The number of hydrogen-bond acceptors (Lipinski definition) is 5. The van der Waals surface area contributed by atoms with E-state index in [9.17, 15) is 4.79 Å². The Bertz CT molecular complexity index is 483. The fourth-order valence-corrected chi connectivity index (χ4v) is 3.21. The van der Waals surface area contributed by atoms with Crippen molar-refractivity contribution in [3.8, 4) is 0 Å². The summed E-state index contributed by atoms with van der Waals surface area (Å²) in [7, 11) is 1.53. The molecule has 1 aromatic rings. The van der Waals surface area contributed by atoms with Crippen LogP contribution in [0, 0.1) is 5.41 Å². The van der Waals surface area contributed by atoms with Crippen molar-refractivity contribution in [2.75, 3.05) is 25.5 Å². The molecule has 1 heterocycles. The Morgan fingerprint density at radius 1 is 1.29 bits per heavy atom. The smallest absolute Gasteiger partial charge is 0.242 e. The van der Waals surface area contributed by atoms with Gasteiger partial charge in [0.25, 0.3) is 0 Å². The number of amides is 1. The zero-order valence-electron chi connectivity index (χ0n) is 15.9. The Balaban J connectivity index is 2.15. The van der Waals surface area contributed by atoms with Crippen LogP contribution in [-0.2, 0) is 16.1 Å². The second kappa shape index (κ2) is 10.7. The summed E-state index contributed by atoms with van der Waals surface area (Å²) in [6.45, 7) is 9.99. The van der Waals surface area contributed by atoms with E-state index in [4.69, 9.17) is 4.84 Å². The Hall–Kier alpha value is -1.14. The number of nitrogens with zero attached hydrogens (tertiary/aromatic N) is 2. The lowest BCUT2D eigenvalue weighted by Crippen LogP contribution is -2.28. The second-order valence-electron chi connectivity index (χ2n) is 7.35. The highest BCUT2D eigenvalue weighted by molar-refractivity contribution is 7.13. The molecule has 0 unspecified atom stereocenters. The standard InChI is InChI=1S/C18H33N3O2S/c1-15(22)21(23-5)13-8-6-7-10-16-14-24-17(20-16)19-12-9-11-18(2,3)4/h14H,6-13H2,1-5H3,(H,19,20). The molecule has 0 bridgehead atoms. The van der Waals surface area contributed by atoms with E-state index in [0.29, 0.717) is 12.0 Å². The number of rotatable bonds is 11. The van der Waals surface area contributed by atoms with Crippen molar-refractivity contribution in [2.24, 2.45) is 5.41 Å². The van der Waals surface area contributed by atoms with Crippen molar-refractivity contribution in [1.29, 1.82) is 0 Å². The predicted octanol–water partition coefficient (Wildman–Crippen LogP) is 4.50. The number of hydrogen-bond donors (Lipinski definition) is 1. The molecule has 24 heavy (non-hydrogen) atoms. The number of carbonyl (C=O) groups excluding carboxylic acids is 1. The molecule has 0 aromatic carbocycles. The van der Waals surface area contributed by atoms with E-state index in [2.05, 4.69) is 36.5 Å². The molecule has 0 aliphatic heterocycles. The van der Waals surface area contributed by atoms with E-state index >= 15 is 0 Å². The SMILES string of the molecule is CON(CCCCCc1csc(NCCCC(C)(C)C)n1)C(C)=O. The number of aromatic nitrogens is 1. The number of unbranched alkanes of at least 4 members (excludes halogenated alkanes) is 2. The van der Waals surface area contributed by atoms with Crippen molar-refractivity contribution < 1.29 is 9.63 Å². The fourth-order valence-electron chi connectivity index (χ4n) is 2.43. The minimum atomic E-state index is -0.0424. The predicted molar refractivity (Wildman–Crippen MR) is 101 cm³/mol. The van der Waals surface area contributed by atoms with Gasteiger partial charge in [-0.25, -0.2) is 10.0 Å². The molecule has 0 fully saturated rings. The number of thiazole rings is 1. The molecule has 0 atom stereocenters. The van der Waals surface area contributed by atoms with Crippen LogP contribution in [0.3, 0.4) is 0 Å². The van der Waals surface area contributed by atoms with Crippen LogP contribution in [0.5, 0.6) is 0 Å². The maximum atomic E-state index is 11.2. The van der Waals surface area contributed by atoms with E-state index in [1.807, 2.05) is 0 Å². The van der Waals surface area contributed by atoms with Gasteiger partial charge in [-0.05, 0) is 37.5 Å². The van der Waals surface area contributed by atoms with Crippen LogP contribution >= 0.6 is 11.3 Å². The molecular formula is C18H33N3O2S. The van der Waals surface area contributed by atoms with E-state index < -0.39 is 0 Å². The van der Waals surface area contributed by atoms with Gasteiger partial charge in [0.05, 0.1) is 12.8 Å². The molecule has 1 rings (SSSR count). The van der Waals surface area contributed by atoms with Gasteiger partial charge in [0.15, 0.2) is 5.13 Å². The first-order valence-electron chi connectivity index (χ1n) is 8.82. The van der Waals surface area contributed by atoms with Crippen molar-refractivity contribution in [2.45, 2.75) is 66.2 Å². The molecule has 1 aromatic heterocycles. The largest absolute Gasteiger partial charge is 0.362 e. The Morgan fingerprint density at radius 3 is 2.67 bits per heavy atom. The third-order valence-electron chi connectivity index (χ3n) is 3.80. The van der Waals surface area contributed by atoms with Gasteiger partial charge in [-0.2, -0.15) is 0 Å². The summed E-state index contributed by atoms with van der Waals surface area (Å²) in [5.41, 5.74) is 1.56. The molecule has 0 saturated heterocycles. The molecule has 0 spiro atoms. The van der Waals surface area contributed by atoms with Crippen LogP contribution in [0.25, 0.3) is 0 Å². The van der Waals surface area contributed by atoms with Gasteiger partial charge in [-0.15, -0.1) is 11.3 Å². The maximum absolute atomic E-state index is 11.2. The van der Waals surface area contributed by atoms with E-state index in [-0.39, 0.29) is 5.91 Å². The van der Waals surface area contributed by atoms with Gasteiger partial charge < -0.3 is 5.32 Å². The summed E-state index contributed by atoms with van der Waals surface area (Å²) in [5.74, 6) is -0.0424. The van der Waals surface area contributed by atoms with E-state index in [1.165, 1.54) is 31.9 Å². The third-order valence-corrected chi connectivity index (χ3v) is 4.65. The van der Waals surface area contributed by atoms with Gasteiger partial charge >= 0.3 is 0 Å². The molecule has 1 N–H and O–H groups in total. The van der Waals surface area contributed by atoms with Crippen molar-refractivity contribution in [1.82, 2.24) is 10.0 Å². The zero-order chi connectivity index (χ0) is 18.0. The first kappa shape index (κ1) is 20.9. The quantitative estimate of drug-likeness (QED) is 0.469. The maximum Gasteiger partial charge on any atom is 0.242 e. The molecule has 1 amide bonds. The minimum absolute atomic E-state index is 0.0424. The average molecular weight is 356 g/mol. The number of carbonyl (C=O) groups is 1. The monoisotopic (exact) mass is 355 g/mol. The lowest BCUT2D eigenvalue weighted by atomic mass is 9.91. The summed E-state index contributed by atoms with van der Waals surface area (Å²) >= 11 is 1.69.